The molecule has 6 heteroatoms. The summed E-state index contributed by atoms with van der Waals surface area (Å²) in [6.07, 6.45) is 2.93. The van der Waals surface area contributed by atoms with Gasteiger partial charge in [-0.05, 0) is 24.2 Å². The number of carboxylic acid groups (broad SMARTS) is 1. The van der Waals surface area contributed by atoms with Crippen molar-refractivity contribution in [3.63, 3.8) is 0 Å². The molecule has 0 unspecified atom stereocenters. The summed E-state index contributed by atoms with van der Waals surface area (Å²) in [5, 5.41) is 11.9. The van der Waals surface area contributed by atoms with E-state index in [1.807, 2.05) is 0 Å². The molecule has 2 N–H and O–H groups in total. The first-order valence-electron chi connectivity index (χ1n) is 7.62. The van der Waals surface area contributed by atoms with Gasteiger partial charge >= 0.3 is 12.0 Å². The fraction of sp³-hybridized carbons (Fsp3) is 0.867. The molecule has 0 radical (unpaired) electrons. The van der Waals surface area contributed by atoms with Crippen LogP contribution in [0.2, 0.25) is 0 Å². The predicted octanol–water partition coefficient (Wildman–Crippen LogP) is 1.95. The minimum Gasteiger partial charge on any atom is -0.481 e. The molecule has 0 bridgehead atoms. The summed E-state index contributed by atoms with van der Waals surface area (Å²) in [6, 6.07) is -0.127. The molecule has 2 amide bonds. The predicted molar refractivity (Wildman–Crippen MR) is 80.2 cm³/mol. The van der Waals surface area contributed by atoms with E-state index in [1.165, 1.54) is 0 Å². The number of aliphatic carboxylic acids is 1. The molecule has 0 aromatic heterocycles. The van der Waals surface area contributed by atoms with Crippen molar-refractivity contribution >= 4 is 12.0 Å². The Morgan fingerprint density at radius 3 is 2.48 bits per heavy atom. The number of urea groups is 1. The Morgan fingerprint density at radius 1 is 1.38 bits per heavy atom. The van der Waals surface area contributed by atoms with Crippen LogP contribution in [0, 0.1) is 11.3 Å². The summed E-state index contributed by atoms with van der Waals surface area (Å²) in [7, 11) is 1.61. The third kappa shape index (κ3) is 5.91. The van der Waals surface area contributed by atoms with E-state index in [2.05, 4.69) is 19.2 Å². The van der Waals surface area contributed by atoms with Crippen LogP contribution in [0.25, 0.3) is 0 Å². The second kappa shape index (κ2) is 8.22. The Morgan fingerprint density at radius 2 is 2.05 bits per heavy atom. The van der Waals surface area contributed by atoms with Crippen LogP contribution in [-0.2, 0) is 9.53 Å². The van der Waals surface area contributed by atoms with E-state index in [1.54, 1.807) is 12.0 Å². The van der Waals surface area contributed by atoms with Gasteiger partial charge in [0.2, 0.25) is 0 Å². The largest absolute Gasteiger partial charge is 0.481 e. The molecule has 1 aliphatic rings. The van der Waals surface area contributed by atoms with Crippen LogP contribution in [0.15, 0.2) is 0 Å². The van der Waals surface area contributed by atoms with E-state index in [4.69, 9.17) is 9.84 Å². The van der Waals surface area contributed by atoms with Crippen molar-refractivity contribution in [1.82, 2.24) is 10.2 Å². The highest BCUT2D eigenvalue weighted by Crippen LogP contribution is 2.43. The van der Waals surface area contributed by atoms with Crippen molar-refractivity contribution in [2.24, 2.45) is 11.3 Å². The molecular formula is C15H28N2O4. The van der Waals surface area contributed by atoms with Gasteiger partial charge in [0, 0.05) is 26.7 Å². The van der Waals surface area contributed by atoms with E-state index in [0.717, 1.165) is 19.3 Å². The lowest BCUT2D eigenvalue weighted by molar-refractivity contribution is -0.141. The van der Waals surface area contributed by atoms with E-state index in [9.17, 15) is 9.59 Å². The molecule has 0 saturated heterocycles. The number of rotatable bonds is 9. The second-order valence-electron chi connectivity index (χ2n) is 6.42. The van der Waals surface area contributed by atoms with Gasteiger partial charge in [-0.1, -0.05) is 20.3 Å². The number of carbonyl (C=O) groups is 2. The first kappa shape index (κ1) is 17.8. The van der Waals surface area contributed by atoms with Crippen LogP contribution in [0.5, 0.6) is 0 Å². The molecule has 21 heavy (non-hydrogen) atoms. The standard InChI is InChI=1S/C15H28N2O4/c1-12(2)10-17(7-8-21-3)14(20)16-11-15(5-4-6-15)9-13(18)19/h12H,4-11H2,1-3H3,(H,16,20)(H,18,19). The maximum atomic E-state index is 12.3. The minimum atomic E-state index is -0.789. The molecule has 0 aromatic carbocycles. The second-order valence-corrected chi connectivity index (χ2v) is 6.42. The molecule has 0 aliphatic heterocycles. The molecule has 0 heterocycles. The van der Waals surface area contributed by atoms with Crippen LogP contribution < -0.4 is 5.32 Å². The molecule has 6 nitrogen and oxygen atoms in total. The smallest absolute Gasteiger partial charge is 0.317 e. The zero-order valence-corrected chi connectivity index (χ0v) is 13.4. The fourth-order valence-electron chi connectivity index (χ4n) is 2.71. The normalized spacial score (nSPS) is 16.4. The number of carbonyl (C=O) groups excluding carboxylic acids is 1. The number of hydrogen-bond donors (Lipinski definition) is 2. The van der Waals surface area contributed by atoms with E-state index >= 15 is 0 Å². The quantitative estimate of drug-likeness (QED) is 0.682. The number of nitrogens with one attached hydrogen (secondary N) is 1. The van der Waals surface area contributed by atoms with Crippen LogP contribution in [-0.4, -0.2) is 55.4 Å². The first-order chi connectivity index (χ1) is 9.88. The van der Waals surface area contributed by atoms with Gasteiger partial charge in [-0.2, -0.15) is 0 Å². The lowest BCUT2D eigenvalue weighted by atomic mass is 9.66. The highest BCUT2D eigenvalue weighted by molar-refractivity contribution is 5.74. The number of amides is 2. The average Bonchev–Trinajstić information content (AvgIpc) is 2.36. The lowest BCUT2D eigenvalue weighted by Crippen LogP contribution is -2.49. The molecule has 122 valence electrons. The van der Waals surface area contributed by atoms with Gasteiger partial charge in [-0.3, -0.25) is 4.79 Å². The number of carboxylic acids is 1. The highest BCUT2D eigenvalue weighted by atomic mass is 16.5. The van der Waals surface area contributed by atoms with Gasteiger partial charge in [0.25, 0.3) is 0 Å². The van der Waals surface area contributed by atoms with Crippen molar-refractivity contribution in [1.29, 1.82) is 0 Å². The molecule has 0 atom stereocenters. The van der Waals surface area contributed by atoms with Gasteiger partial charge in [-0.25, -0.2) is 4.79 Å². The number of hydrogen-bond acceptors (Lipinski definition) is 3. The molecule has 1 saturated carbocycles. The summed E-state index contributed by atoms with van der Waals surface area (Å²) >= 11 is 0. The Bertz CT molecular complexity index is 354. The zero-order chi connectivity index (χ0) is 15.9. The summed E-state index contributed by atoms with van der Waals surface area (Å²) in [6.45, 7) is 6.28. The summed E-state index contributed by atoms with van der Waals surface area (Å²) in [5.41, 5.74) is -0.244. The van der Waals surface area contributed by atoms with Gasteiger partial charge in [0.15, 0.2) is 0 Å². The maximum Gasteiger partial charge on any atom is 0.317 e. The highest BCUT2D eigenvalue weighted by Gasteiger charge is 2.39. The number of nitrogens with zero attached hydrogens (tertiary/aromatic N) is 1. The third-order valence-corrected chi connectivity index (χ3v) is 3.99. The first-order valence-corrected chi connectivity index (χ1v) is 7.62. The van der Waals surface area contributed by atoms with Gasteiger partial charge in [0.05, 0.1) is 13.0 Å². The van der Waals surface area contributed by atoms with Crippen LogP contribution in [0.4, 0.5) is 4.79 Å². The molecule has 1 aliphatic carbocycles. The van der Waals surface area contributed by atoms with Crippen molar-refractivity contribution in [2.75, 3.05) is 33.4 Å². The number of methoxy groups -OCH3 is 1. The molecule has 0 spiro atoms. The summed E-state index contributed by atoms with van der Waals surface area (Å²) in [5.74, 6) is -0.411. The molecule has 0 aromatic rings. The van der Waals surface area contributed by atoms with E-state index in [-0.39, 0.29) is 17.9 Å². The lowest BCUT2D eigenvalue weighted by Gasteiger charge is -2.41. The Labute approximate surface area is 126 Å². The van der Waals surface area contributed by atoms with Crippen LogP contribution in [0.1, 0.15) is 39.5 Å². The summed E-state index contributed by atoms with van der Waals surface area (Å²) in [4.78, 5) is 24.9. The monoisotopic (exact) mass is 300 g/mol. The maximum absolute atomic E-state index is 12.3. The van der Waals surface area contributed by atoms with Crippen molar-refractivity contribution in [2.45, 2.75) is 39.5 Å². The average molecular weight is 300 g/mol. The summed E-state index contributed by atoms with van der Waals surface area (Å²) < 4.78 is 5.04. The fourth-order valence-corrected chi connectivity index (χ4v) is 2.71. The van der Waals surface area contributed by atoms with Gasteiger partial charge in [0.1, 0.15) is 0 Å². The molecular weight excluding hydrogens is 272 g/mol. The van der Waals surface area contributed by atoms with Crippen molar-refractivity contribution in [3.05, 3.63) is 0 Å². The topological polar surface area (TPSA) is 78.9 Å². The van der Waals surface area contributed by atoms with E-state index in [0.29, 0.717) is 32.2 Å². The Kier molecular flexibility index (Phi) is 6.95. The SMILES string of the molecule is COCCN(CC(C)C)C(=O)NCC1(CC(=O)O)CCC1. The van der Waals surface area contributed by atoms with Crippen molar-refractivity contribution in [3.8, 4) is 0 Å². The molecule has 1 fully saturated rings. The minimum absolute atomic E-state index is 0.127. The molecule has 1 rings (SSSR count). The Hall–Kier alpha value is -1.30. The zero-order valence-electron chi connectivity index (χ0n) is 13.4. The van der Waals surface area contributed by atoms with Gasteiger partial charge in [-0.15, -0.1) is 0 Å². The van der Waals surface area contributed by atoms with E-state index < -0.39 is 5.97 Å². The van der Waals surface area contributed by atoms with Gasteiger partial charge < -0.3 is 20.1 Å². The van der Waals surface area contributed by atoms with Crippen molar-refractivity contribution < 1.29 is 19.4 Å². The van der Waals surface area contributed by atoms with Crippen LogP contribution >= 0.6 is 0 Å². The Balaban J connectivity index is 2.49. The number of ether oxygens (including phenoxy) is 1. The third-order valence-electron chi connectivity index (χ3n) is 3.99. The van der Waals surface area contributed by atoms with Crippen LogP contribution in [0.3, 0.4) is 0 Å².